The van der Waals surface area contributed by atoms with E-state index >= 15 is 0 Å². The van der Waals surface area contributed by atoms with Crippen LogP contribution in [-0.4, -0.2) is 47.2 Å². The second kappa shape index (κ2) is 6.47. The second-order valence-corrected chi connectivity index (χ2v) is 5.17. The van der Waals surface area contributed by atoms with E-state index < -0.39 is 0 Å². The van der Waals surface area contributed by atoms with Crippen molar-refractivity contribution in [2.75, 3.05) is 31.9 Å². The highest BCUT2D eigenvalue weighted by Crippen LogP contribution is 2.09. The summed E-state index contributed by atoms with van der Waals surface area (Å²) >= 11 is 0. The number of anilines is 1. The van der Waals surface area contributed by atoms with E-state index in [1.165, 1.54) is 25.9 Å². The molecule has 19 heavy (non-hydrogen) atoms. The lowest BCUT2D eigenvalue weighted by atomic mass is 10.1. The first kappa shape index (κ1) is 13.7. The highest BCUT2D eigenvalue weighted by Gasteiger charge is 2.15. The van der Waals surface area contributed by atoms with E-state index in [9.17, 15) is 4.79 Å². The van der Waals surface area contributed by atoms with Crippen molar-refractivity contribution in [3.05, 3.63) is 17.8 Å². The first-order valence-electron chi connectivity index (χ1n) is 6.75. The molecule has 2 heterocycles. The van der Waals surface area contributed by atoms with Gasteiger partial charge in [-0.3, -0.25) is 4.79 Å². The van der Waals surface area contributed by atoms with E-state index in [4.69, 9.17) is 5.73 Å². The van der Waals surface area contributed by atoms with Gasteiger partial charge in [0.25, 0.3) is 5.91 Å². The van der Waals surface area contributed by atoms with Gasteiger partial charge < -0.3 is 16.0 Å². The molecule has 1 aromatic rings. The molecule has 6 nitrogen and oxygen atoms in total. The molecule has 1 unspecified atom stereocenters. The smallest absolute Gasteiger partial charge is 0.271 e. The molecule has 0 aliphatic carbocycles. The third kappa shape index (κ3) is 4.17. The van der Waals surface area contributed by atoms with Crippen LogP contribution < -0.4 is 11.1 Å². The number of nitrogen functional groups attached to an aromatic ring is 1. The van der Waals surface area contributed by atoms with Gasteiger partial charge in [-0.05, 0) is 44.0 Å². The second-order valence-electron chi connectivity index (χ2n) is 5.17. The zero-order valence-electron chi connectivity index (χ0n) is 11.3. The molecule has 1 amide bonds. The van der Waals surface area contributed by atoms with Crippen molar-refractivity contribution in [3.8, 4) is 0 Å². The maximum absolute atomic E-state index is 11.8. The molecular formula is C13H21N5O. The molecule has 1 aromatic heterocycles. The predicted octanol–water partition coefficient (Wildman–Crippen LogP) is 0.521. The summed E-state index contributed by atoms with van der Waals surface area (Å²) in [5.41, 5.74) is 5.74. The molecule has 0 saturated carbocycles. The van der Waals surface area contributed by atoms with Crippen LogP contribution in [0.2, 0.25) is 0 Å². The Labute approximate surface area is 113 Å². The fraction of sp³-hybridized carbons (Fsp3) is 0.615. The lowest BCUT2D eigenvalue weighted by Crippen LogP contribution is -2.34. The van der Waals surface area contributed by atoms with Gasteiger partial charge in [-0.15, -0.1) is 10.2 Å². The Morgan fingerprint density at radius 1 is 1.42 bits per heavy atom. The number of rotatable bonds is 5. The summed E-state index contributed by atoms with van der Waals surface area (Å²) < 4.78 is 0. The van der Waals surface area contributed by atoms with Crippen molar-refractivity contribution >= 4 is 11.7 Å². The molecule has 3 N–H and O–H groups in total. The highest BCUT2D eigenvalue weighted by atomic mass is 16.1. The van der Waals surface area contributed by atoms with Gasteiger partial charge in [-0.1, -0.05) is 6.92 Å². The van der Waals surface area contributed by atoms with Gasteiger partial charge in [0.05, 0.1) is 0 Å². The maximum atomic E-state index is 11.8. The molecule has 0 bridgehead atoms. The first-order valence-corrected chi connectivity index (χ1v) is 6.75. The normalized spacial score (nSPS) is 17.3. The molecule has 6 heteroatoms. The number of hydrogen-bond acceptors (Lipinski definition) is 5. The number of amides is 1. The summed E-state index contributed by atoms with van der Waals surface area (Å²) in [6, 6.07) is 3.17. The number of nitrogens with one attached hydrogen (secondary N) is 1. The van der Waals surface area contributed by atoms with Crippen LogP contribution in [0, 0.1) is 5.92 Å². The Bertz CT molecular complexity index is 414. The van der Waals surface area contributed by atoms with Crippen molar-refractivity contribution in [3.63, 3.8) is 0 Å². The Hall–Kier alpha value is -1.69. The third-order valence-corrected chi connectivity index (χ3v) is 3.30. The van der Waals surface area contributed by atoms with Gasteiger partial charge in [0.1, 0.15) is 5.82 Å². The van der Waals surface area contributed by atoms with Crippen LogP contribution in [0.1, 0.15) is 30.3 Å². The van der Waals surface area contributed by atoms with Gasteiger partial charge >= 0.3 is 0 Å². The molecule has 1 fully saturated rings. The van der Waals surface area contributed by atoms with Gasteiger partial charge in [-0.2, -0.15) is 0 Å². The van der Waals surface area contributed by atoms with Crippen LogP contribution in [0.15, 0.2) is 12.1 Å². The Balaban J connectivity index is 1.74. The minimum absolute atomic E-state index is 0.194. The standard InChI is InChI=1S/C13H21N5O/c1-10(9-18-6-2-3-7-18)8-15-13(19)11-4-5-12(14)17-16-11/h4-5,10H,2-3,6-9H2,1H3,(H2,14,17)(H,15,19). The molecule has 0 spiro atoms. The quantitative estimate of drug-likeness (QED) is 0.809. The lowest BCUT2D eigenvalue weighted by Gasteiger charge is -2.20. The van der Waals surface area contributed by atoms with Crippen LogP contribution in [0.3, 0.4) is 0 Å². The van der Waals surface area contributed by atoms with Crippen molar-refractivity contribution in [2.24, 2.45) is 5.92 Å². The average molecular weight is 263 g/mol. The van der Waals surface area contributed by atoms with E-state index in [-0.39, 0.29) is 5.91 Å². The lowest BCUT2D eigenvalue weighted by molar-refractivity contribution is 0.0939. The summed E-state index contributed by atoms with van der Waals surface area (Å²) in [6.45, 7) is 6.20. The third-order valence-electron chi connectivity index (χ3n) is 3.30. The molecule has 104 valence electrons. The SMILES string of the molecule is CC(CNC(=O)c1ccc(N)nn1)CN1CCCC1. The predicted molar refractivity (Wildman–Crippen MR) is 73.6 cm³/mol. The van der Waals surface area contributed by atoms with E-state index in [1.807, 2.05) is 0 Å². The van der Waals surface area contributed by atoms with E-state index in [0.29, 0.717) is 24.0 Å². The monoisotopic (exact) mass is 263 g/mol. The number of likely N-dealkylation sites (tertiary alicyclic amines) is 1. The molecule has 0 radical (unpaired) electrons. The molecule has 1 aliphatic heterocycles. The van der Waals surface area contributed by atoms with Crippen LogP contribution in [0.25, 0.3) is 0 Å². The topological polar surface area (TPSA) is 84.1 Å². The maximum Gasteiger partial charge on any atom is 0.271 e. The van der Waals surface area contributed by atoms with Crippen molar-refractivity contribution in [2.45, 2.75) is 19.8 Å². The van der Waals surface area contributed by atoms with E-state index in [2.05, 4.69) is 27.3 Å². The highest BCUT2D eigenvalue weighted by molar-refractivity contribution is 5.92. The molecule has 0 aromatic carbocycles. The number of nitrogens with two attached hydrogens (primary N) is 1. The zero-order valence-corrected chi connectivity index (χ0v) is 11.3. The van der Waals surface area contributed by atoms with Crippen molar-refractivity contribution in [1.29, 1.82) is 0 Å². The number of aromatic nitrogens is 2. The fourth-order valence-corrected chi connectivity index (χ4v) is 2.29. The van der Waals surface area contributed by atoms with Crippen LogP contribution >= 0.6 is 0 Å². The number of hydrogen-bond donors (Lipinski definition) is 2. The average Bonchev–Trinajstić information content (AvgIpc) is 2.89. The summed E-state index contributed by atoms with van der Waals surface area (Å²) in [7, 11) is 0. The van der Waals surface area contributed by atoms with Crippen LogP contribution in [0.5, 0.6) is 0 Å². The molecule has 1 aliphatic rings. The van der Waals surface area contributed by atoms with E-state index in [0.717, 1.165) is 6.54 Å². The molecule has 2 rings (SSSR count). The number of nitrogens with zero attached hydrogens (tertiary/aromatic N) is 3. The van der Waals surface area contributed by atoms with Gasteiger partial charge in [-0.25, -0.2) is 0 Å². The Morgan fingerprint density at radius 2 is 2.16 bits per heavy atom. The minimum atomic E-state index is -0.194. The zero-order chi connectivity index (χ0) is 13.7. The fourth-order valence-electron chi connectivity index (χ4n) is 2.29. The number of carbonyl (C=O) groups excluding carboxylic acids is 1. The molecular weight excluding hydrogens is 242 g/mol. The first-order chi connectivity index (χ1) is 9.15. The summed E-state index contributed by atoms with van der Waals surface area (Å²) in [4.78, 5) is 14.3. The van der Waals surface area contributed by atoms with Gasteiger partial charge in [0.2, 0.25) is 0 Å². The largest absolute Gasteiger partial charge is 0.382 e. The Kier molecular flexibility index (Phi) is 4.68. The van der Waals surface area contributed by atoms with Gasteiger partial charge in [0, 0.05) is 13.1 Å². The summed E-state index contributed by atoms with van der Waals surface area (Å²) in [5, 5.41) is 10.3. The summed E-state index contributed by atoms with van der Waals surface area (Å²) in [5.74, 6) is 0.559. The van der Waals surface area contributed by atoms with Crippen LogP contribution in [0.4, 0.5) is 5.82 Å². The Morgan fingerprint density at radius 3 is 2.79 bits per heavy atom. The van der Waals surface area contributed by atoms with Crippen molar-refractivity contribution < 1.29 is 4.79 Å². The van der Waals surface area contributed by atoms with Crippen molar-refractivity contribution in [1.82, 2.24) is 20.4 Å². The number of carbonyl (C=O) groups is 1. The van der Waals surface area contributed by atoms with E-state index in [1.54, 1.807) is 12.1 Å². The van der Waals surface area contributed by atoms with Crippen LogP contribution in [-0.2, 0) is 0 Å². The van der Waals surface area contributed by atoms with Gasteiger partial charge in [0.15, 0.2) is 5.69 Å². The minimum Gasteiger partial charge on any atom is -0.382 e. The summed E-state index contributed by atoms with van der Waals surface area (Å²) in [6.07, 6.45) is 2.58. The molecule has 1 saturated heterocycles. The molecule has 1 atom stereocenters.